The Morgan fingerprint density at radius 2 is 2.12 bits per heavy atom. The maximum atomic E-state index is 12.3. The fourth-order valence-corrected chi connectivity index (χ4v) is 2.98. The SMILES string of the molecule is Cc1[nH]c2ccccc2c1/C=N/NC(=O)c1cc(-c2cccn2C)n[nH]1. The Bertz CT molecular complexity index is 1110. The lowest BCUT2D eigenvalue weighted by molar-refractivity contribution is 0.0950. The summed E-state index contributed by atoms with van der Waals surface area (Å²) < 4.78 is 1.94. The molecule has 1 amide bonds. The third kappa shape index (κ3) is 2.79. The van der Waals surface area contributed by atoms with E-state index in [0.717, 1.165) is 27.9 Å². The number of fused-ring (bicyclic) bond motifs is 1. The summed E-state index contributed by atoms with van der Waals surface area (Å²) in [6.07, 6.45) is 3.58. The third-order valence-corrected chi connectivity index (χ3v) is 4.33. The van der Waals surface area contributed by atoms with Gasteiger partial charge in [-0.05, 0) is 31.2 Å². The number of rotatable bonds is 4. The summed E-state index contributed by atoms with van der Waals surface area (Å²) in [5.41, 5.74) is 7.52. The molecular formula is C19H18N6O. The van der Waals surface area contributed by atoms with Crippen molar-refractivity contribution in [2.75, 3.05) is 0 Å². The molecule has 7 heteroatoms. The molecule has 130 valence electrons. The van der Waals surface area contributed by atoms with E-state index in [4.69, 9.17) is 0 Å². The predicted octanol–water partition coefficient (Wildman–Crippen LogP) is 2.97. The normalized spacial score (nSPS) is 11.5. The van der Waals surface area contributed by atoms with Crippen LogP contribution < -0.4 is 5.43 Å². The highest BCUT2D eigenvalue weighted by Crippen LogP contribution is 2.20. The highest BCUT2D eigenvalue weighted by Gasteiger charge is 2.12. The smallest absolute Gasteiger partial charge is 0.289 e. The van der Waals surface area contributed by atoms with Crippen LogP contribution in [0.15, 0.2) is 53.8 Å². The molecule has 4 aromatic rings. The number of nitrogens with zero attached hydrogens (tertiary/aromatic N) is 3. The van der Waals surface area contributed by atoms with Crippen LogP contribution in [0.3, 0.4) is 0 Å². The Morgan fingerprint density at radius 3 is 2.92 bits per heavy atom. The van der Waals surface area contributed by atoms with Crippen LogP contribution in [0.1, 0.15) is 21.7 Å². The summed E-state index contributed by atoms with van der Waals surface area (Å²) in [6, 6.07) is 13.5. The Morgan fingerprint density at radius 1 is 1.27 bits per heavy atom. The Kier molecular flexibility index (Phi) is 3.89. The van der Waals surface area contributed by atoms with Gasteiger partial charge in [0.15, 0.2) is 0 Å². The summed E-state index contributed by atoms with van der Waals surface area (Å²) in [6.45, 7) is 1.98. The number of hydrazone groups is 1. The van der Waals surface area contributed by atoms with Crippen molar-refractivity contribution >= 4 is 23.0 Å². The predicted molar refractivity (Wildman–Crippen MR) is 101 cm³/mol. The molecule has 1 aromatic carbocycles. The highest BCUT2D eigenvalue weighted by atomic mass is 16.2. The van der Waals surface area contributed by atoms with E-state index in [1.54, 1.807) is 12.3 Å². The second-order valence-electron chi connectivity index (χ2n) is 6.08. The number of amides is 1. The van der Waals surface area contributed by atoms with Crippen LogP contribution in [-0.4, -0.2) is 31.9 Å². The fraction of sp³-hybridized carbons (Fsp3) is 0.105. The monoisotopic (exact) mass is 346 g/mol. The van der Waals surface area contributed by atoms with Gasteiger partial charge in [0, 0.05) is 35.4 Å². The number of aryl methyl sites for hydroxylation is 2. The van der Waals surface area contributed by atoms with Crippen molar-refractivity contribution in [3.05, 3.63) is 65.6 Å². The lowest BCUT2D eigenvalue weighted by Crippen LogP contribution is -2.18. The highest BCUT2D eigenvalue weighted by molar-refractivity contribution is 6.01. The van der Waals surface area contributed by atoms with Gasteiger partial charge in [-0.2, -0.15) is 10.2 Å². The first-order valence-electron chi connectivity index (χ1n) is 8.21. The number of aromatic nitrogens is 4. The maximum Gasteiger partial charge on any atom is 0.289 e. The van der Waals surface area contributed by atoms with E-state index in [1.165, 1.54) is 0 Å². The molecule has 0 spiro atoms. The molecule has 0 aliphatic carbocycles. The summed E-state index contributed by atoms with van der Waals surface area (Å²) in [5, 5.41) is 12.1. The molecule has 0 fully saturated rings. The topological polar surface area (TPSA) is 90.9 Å². The van der Waals surface area contributed by atoms with Crippen LogP contribution in [-0.2, 0) is 7.05 Å². The Labute approximate surface area is 149 Å². The zero-order valence-electron chi connectivity index (χ0n) is 14.4. The molecule has 3 heterocycles. The van der Waals surface area contributed by atoms with Gasteiger partial charge in [-0.15, -0.1) is 0 Å². The number of carbonyl (C=O) groups excluding carboxylic acids is 1. The van der Waals surface area contributed by atoms with E-state index >= 15 is 0 Å². The molecule has 0 bridgehead atoms. The van der Waals surface area contributed by atoms with Crippen LogP contribution in [0.2, 0.25) is 0 Å². The minimum Gasteiger partial charge on any atom is -0.358 e. The number of hydrogen-bond donors (Lipinski definition) is 3. The summed E-state index contributed by atoms with van der Waals surface area (Å²) in [7, 11) is 1.93. The molecule has 0 radical (unpaired) electrons. The fourth-order valence-electron chi connectivity index (χ4n) is 2.98. The molecule has 0 saturated heterocycles. The van der Waals surface area contributed by atoms with Crippen molar-refractivity contribution < 1.29 is 4.79 Å². The van der Waals surface area contributed by atoms with Gasteiger partial charge in [-0.3, -0.25) is 9.89 Å². The quantitative estimate of drug-likeness (QED) is 0.392. The van der Waals surface area contributed by atoms with Gasteiger partial charge in [0.1, 0.15) is 11.4 Å². The van der Waals surface area contributed by atoms with Crippen molar-refractivity contribution in [2.45, 2.75) is 6.92 Å². The molecule has 0 aliphatic rings. The summed E-state index contributed by atoms with van der Waals surface area (Å²) >= 11 is 0. The van der Waals surface area contributed by atoms with Gasteiger partial charge in [-0.25, -0.2) is 5.43 Å². The number of H-pyrrole nitrogens is 2. The van der Waals surface area contributed by atoms with E-state index in [1.807, 2.05) is 61.1 Å². The van der Waals surface area contributed by atoms with Gasteiger partial charge < -0.3 is 9.55 Å². The number of aromatic amines is 2. The van der Waals surface area contributed by atoms with Crippen molar-refractivity contribution in [2.24, 2.45) is 12.1 Å². The van der Waals surface area contributed by atoms with Crippen molar-refractivity contribution in [3.8, 4) is 11.4 Å². The van der Waals surface area contributed by atoms with Crippen molar-refractivity contribution in [1.82, 2.24) is 25.2 Å². The molecule has 26 heavy (non-hydrogen) atoms. The van der Waals surface area contributed by atoms with Crippen molar-refractivity contribution in [1.29, 1.82) is 0 Å². The van der Waals surface area contributed by atoms with Crippen LogP contribution in [0.5, 0.6) is 0 Å². The number of carbonyl (C=O) groups is 1. The average Bonchev–Trinajstić information content (AvgIpc) is 3.34. The van der Waals surface area contributed by atoms with E-state index in [-0.39, 0.29) is 5.91 Å². The lowest BCUT2D eigenvalue weighted by atomic mass is 10.1. The van der Waals surface area contributed by atoms with Gasteiger partial charge in [0.25, 0.3) is 5.91 Å². The number of para-hydroxylation sites is 1. The number of nitrogens with one attached hydrogen (secondary N) is 3. The van der Waals surface area contributed by atoms with Gasteiger partial charge in [0.2, 0.25) is 0 Å². The standard InChI is InChI=1S/C19H18N6O/c1-12-14(13-6-3-4-7-15(13)21-12)11-20-24-19(26)17-10-16(22-23-17)18-8-5-9-25(18)2/h3-11,21H,1-2H3,(H,22,23)(H,24,26)/b20-11+. The second-order valence-corrected chi connectivity index (χ2v) is 6.08. The second kappa shape index (κ2) is 6.36. The minimum absolute atomic E-state index is 0.341. The van der Waals surface area contributed by atoms with Crippen LogP contribution in [0.25, 0.3) is 22.3 Å². The van der Waals surface area contributed by atoms with Gasteiger partial charge in [-0.1, -0.05) is 18.2 Å². The van der Waals surface area contributed by atoms with E-state index in [9.17, 15) is 4.79 Å². The van der Waals surface area contributed by atoms with E-state index in [2.05, 4.69) is 25.7 Å². The molecule has 0 unspecified atom stereocenters. The first-order chi connectivity index (χ1) is 12.6. The average molecular weight is 346 g/mol. The molecule has 7 nitrogen and oxygen atoms in total. The summed E-state index contributed by atoms with van der Waals surface area (Å²) in [5.74, 6) is -0.341. The van der Waals surface area contributed by atoms with Crippen molar-refractivity contribution in [3.63, 3.8) is 0 Å². The molecule has 0 saturated carbocycles. The molecule has 3 N–H and O–H groups in total. The van der Waals surface area contributed by atoms with Gasteiger partial charge in [0.05, 0.1) is 11.9 Å². The lowest BCUT2D eigenvalue weighted by Gasteiger charge is -1.97. The number of hydrogen-bond acceptors (Lipinski definition) is 3. The van der Waals surface area contributed by atoms with Gasteiger partial charge >= 0.3 is 0 Å². The number of benzene rings is 1. The molecule has 4 rings (SSSR count). The zero-order valence-corrected chi connectivity index (χ0v) is 14.4. The maximum absolute atomic E-state index is 12.3. The Balaban J connectivity index is 1.50. The molecule has 0 atom stereocenters. The third-order valence-electron chi connectivity index (χ3n) is 4.33. The largest absolute Gasteiger partial charge is 0.358 e. The molecule has 0 aliphatic heterocycles. The van der Waals surface area contributed by atoms with E-state index < -0.39 is 0 Å². The van der Waals surface area contributed by atoms with Crippen LogP contribution in [0.4, 0.5) is 0 Å². The minimum atomic E-state index is -0.341. The first kappa shape index (κ1) is 15.9. The first-order valence-corrected chi connectivity index (χ1v) is 8.21. The summed E-state index contributed by atoms with van der Waals surface area (Å²) in [4.78, 5) is 15.6. The Hall–Kier alpha value is -3.61. The van der Waals surface area contributed by atoms with Crippen LogP contribution in [0, 0.1) is 6.92 Å². The van der Waals surface area contributed by atoms with Crippen LogP contribution >= 0.6 is 0 Å². The van der Waals surface area contributed by atoms with E-state index in [0.29, 0.717) is 11.4 Å². The molecular weight excluding hydrogens is 328 g/mol. The molecule has 3 aromatic heterocycles. The zero-order chi connectivity index (χ0) is 18.1.